The van der Waals surface area contributed by atoms with Gasteiger partial charge in [-0.25, -0.2) is 13.6 Å². The Morgan fingerprint density at radius 1 is 1.44 bits per heavy atom. The minimum atomic E-state index is -3.67. The molecule has 1 fully saturated rings. The van der Waals surface area contributed by atoms with Gasteiger partial charge in [-0.2, -0.15) is 0 Å². The predicted molar refractivity (Wildman–Crippen MR) is 63.4 cm³/mol. The van der Waals surface area contributed by atoms with E-state index in [0.29, 0.717) is 17.6 Å². The lowest BCUT2D eigenvalue weighted by atomic mass is 10.2. The van der Waals surface area contributed by atoms with E-state index in [-0.39, 0.29) is 4.90 Å². The molecule has 5 N–H and O–H groups in total. The van der Waals surface area contributed by atoms with Crippen molar-refractivity contribution in [2.75, 3.05) is 11.1 Å². The topological polar surface area (TPSA) is 98.2 Å². The minimum Gasteiger partial charge on any atom is -0.397 e. The Kier molecular flexibility index (Phi) is 2.55. The summed E-state index contributed by atoms with van der Waals surface area (Å²) in [6, 6.07) is 4.94. The van der Waals surface area contributed by atoms with Gasteiger partial charge in [0.05, 0.1) is 16.3 Å². The van der Waals surface area contributed by atoms with Crippen molar-refractivity contribution in [1.82, 2.24) is 0 Å². The van der Waals surface area contributed by atoms with E-state index >= 15 is 0 Å². The second-order valence-corrected chi connectivity index (χ2v) is 5.82. The van der Waals surface area contributed by atoms with Crippen LogP contribution in [0.3, 0.4) is 0 Å². The Bertz CT molecular complexity index is 513. The fourth-order valence-corrected chi connectivity index (χ4v) is 2.12. The van der Waals surface area contributed by atoms with E-state index in [9.17, 15) is 8.42 Å². The number of nitrogens with two attached hydrogens (primary N) is 2. The molecule has 0 radical (unpaired) electrons. The highest BCUT2D eigenvalue weighted by atomic mass is 32.2. The number of rotatable bonds is 3. The molecular formula is C10H15N3O2S. The SMILES string of the molecule is CC1CC1Nc1ccc(S(N)(=O)=O)cc1N. The Labute approximate surface area is 94.9 Å². The van der Waals surface area contributed by atoms with Crippen LogP contribution in [0.1, 0.15) is 13.3 Å². The fourth-order valence-electron chi connectivity index (χ4n) is 1.57. The van der Waals surface area contributed by atoms with Crippen molar-refractivity contribution in [2.24, 2.45) is 11.1 Å². The molecule has 0 saturated heterocycles. The number of hydrogen-bond donors (Lipinski definition) is 3. The number of sulfonamides is 1. The van der Waals surface area contributed by atoms with Crippen LogP contribution in [0.15, 0.2) is 23.1 Å². The number of nitrogen functional groups attached to an aromatic ring is 1. The number of hydrogen-bond acceptors (Lipinski definition) is 4. The largest absolute Gasteiger partial charge is 0.397 e. The zero-order chi connectivity index (χ0) is 11.9. The highest BCUT2D eigenvalue weighted by molar-refractivity contribution is 7.89. The predicted octanol–water partition coefficient (Wildman–Crippen LogP) is 0.737. The summed E-state index contributed by atoms with van der Waals surface area (Å²) in [5.41, 5.74) is 6.93. The Hall–Kier alpha value is -1.27. The molecule has 5 nitrogen and oxygen atoms in total. The third-order valence-corrected chi connectivity index (χ3v) is 3.71. The maximum atomic E-state index is 11.1. The molecule has 1 aliphatic rings. The smallest absolute Gasteiger partial charge is 0.238 e. The van der Waals surface area contributed by atoms with Crippen LogP contribution in [0, 0.1) is 5.92 Å². The van der Waals surface area contributed by atoms with Crippen molar-refractivity contribution in [3.8, 4) is 0 Å². The number of anilines is 2. The van der Waals surface area contributed by atoms with E-state index in [0.717, 1.165) is 12.1 Å². The molecule has 1 aromatic rings. The summed E-state index contributed by atoms with van der Waals surface area (Å²) in [6.07, 6.45) is 1.12. The van der Waals surface area contributed by atoms with Crippen molar-refractivity contribution in [3.05, 3.63) is 18.2 Å². The standard InChI is InChI=1S/C10H15N3O2S/c1-6-4-10(6)13-9-3-2-7(5-8(9)11)16(12,14)15/h2-3,5-6,10,13H,4,11H2,1H3,(H2,12,14,15). The van der Waals surface area contributed by atoms with Gasteiger partial charge in [0, 0.05) is 6.04 Å². The maximum absolute atomic E-state index is 11.1. The minimum absolute atomic E-state index is 0.0411. The summed E-state index contributed by atoms with van der Waals surface area (Å²) in [7, 11) is -3.67. The summed E-state index contributed by atoms with van der Waals surface area (Å²) >= 11 is 0. The van der Waals surface area contributed by atoms with E-state index in [1.807, 2.05) is 0 Å². The lowest BCUT2D eigenvalue weighted by Crippen LogP contribution is -2.13. The molecule has 88 valence electrons. The number of nitrogens with one attached hydrogen (secondary N) is 1. The second kappa shape index (κ2) is 3.64. The van der Waals surface area contributed by atoms with E-state index in [1.165, 1.54) is 12.1 Å². The van der Waals surface area contributed by atoms with Gasteiger partial charge in [0.15, 0.2) is 0 Å². The first-order valence-electron chi connectivity index (χ1n) is 5.07. The maximum Gasteiger partial charge on any atom is 0.238 e. The van der Waals surface area contributed by atoms with Crippen LogP contribution >= 0.6 is 0 Å². The molecule has 16 heavy (non-hydrogen) atoms. The molecule has 0 amide bonds. The van der Waals surface area contributed by atoms with Gasteiger partial charge in [0.25, 0.3) is 0 Å². The van der Waals surface area contributed by atoms with Crippen molar-refractivity contribution in [2.45, 2.75) is 24.3 Å². The zero-order valence-electron chi connectivity index (χ0n) is 8.97. The molecule has 6 heteroatoms. The molecule has 1 saturated carbocycles. The van der Waals surface area contributed by atoms with Gasteiger partial charge in [-0.1, -0.05) is 6.92 Å². The lowest BCUT2D eigenvalue weighted by Gasteiger charge is -2.09. The Morgan fingerprint density at radius 3 is 2.50 bits per heavy atom. The van der Waals surface area contributed by atoms with Crippen LogP contribution in [-0.4, -0.2) is 14.5 Å². The highest BCUT2D eigenvalue weighted by Gasteiger charge is 2.32. The van der Waals surface area contributed by atoms with Gasteiger partial charge in [-0.05, 0) is 30.5 Å². The fraction of sp³-hybridized carbons (Fsp3) is 0.400. The van der Waals surface area contributed by atoms with Crippen molar-refractivity contribution >= 4 is 21.4 Å². The molecule has 1 aromatic carbocycles. The van der Waals surface area contributed by atoms with E-state index in [1.54, 1.807) is 6.07 Å². The molecule has 0 aliphatic heterocycles. The van der Waals surface area contributed by atoms with Crippen LogP contribution in [0.25, 0.3) is 0 Å². The summed E-state index contributed by atoms with van der Waals surface area (Å²) in [4.78, 5) is 0.0411. The molecule has 1 aliphatic carbocycles. The number of primary sulfonamides is 1. The van der Waals surface area contributed by atoms with Gasteiger partial charge in [0.2, 0.25) is 10.0 Å². The summed E-state index contributed by atoms with van der Waals surface area (Å²) in [5.74, 6) is 0.650. The zero-order valence-corrected chi connectivity index (χ0v) is 9.79. The van der Waals surface area contributed by atoms with Crippen LogP contribution in [-0.2, 0) is 10.0 Å². The monoisotopic (exact) mass is 241 g/mol. The Balaban J connectivity index is 2.23. The van der Waals surface area contributed by atoms with Crippen molar-refractivity contribution in [1.29, 1.82) is 0 Å². The van der Waals surface area contributed by atoms with Gasteiger partial charge in [-0.15, -0.1) is 0 Å². The normalized spacial score (nSPS) is 24.1. The average molecular weight is 241 g/mol. The van der Waals surface area contributed by atoms with Gasteiger partial charge >= 0.3 is 0 Å². The molecule has 0 aromatic heterocycles. The lowest BCUT2D eigenvalue weighted by molar-refractivity contribution is 0.598. The number of benzene rings is 1. The molecular weight excluding hydrogens is 226 g/mol. The van der Waals surface area contributed by atoms with Crippen LogP contribution in [0.2, 0.25) is 0 Å². The van der Waals surface area contributed by atoms with Crippen LogP contribution in [0.5, 0.6) is 0 Å². The van der Waals surface area contributed by atoms with Crippen molar-refractivity contribution in [3.63, 3.8) is 0 Å². The molecule has 0 bridgehead atoms. The highest BCUT2D eigenvalue weighted by Crippen LogP contribution is 2.34. The quantitative estimate of drug-likeness (QED) is 0.680. The molecule has 0 heterocycles. The molecule has 0 spiro atoms. The van der Waals surface area contributed by atoms with Gasteiger partial charge < -0.3 is 11.1 Å². The average Bonchev–Trinajstić information content (AvgIpc) is 2.84. The summed E-state index contributed by atoms with van der Waals surface area (Å²) < 4.78 is 22.2. The first-order valence-corrected chi connectivity index (χ1v) is 6.61. The van der Waals surface area contributed by atoms with E-state index < -0.39 is 10.0 Å². The van der Waals surface area contributed by atoms with Crippen LogP contribution in [0.4, 0.5) is 11.4 Å². The first kappa shape index (κ1) is 11.2. The van der Waals surface area contributed by atoms with E-state index in [4.69, 9.17) is 10.9 Å². The molecule has 2 atom stereocenters. The molecule has 2 unspecified atom stereocenters. The Morgan fingerprint density at radius 2 is 2.06 bits per heavy atom. The van der Waals surface area contributed by atoms with Gasteiger partial charge in [0.1, 0.15) is 0 Å². The second-order valence-electron chi connectivity index (χ2n) is 4.26. The van der Waals surface area contributed by atoms with E-state index in [2.05, 4.69) is 12.2 Å². The third-order valence-electron chi connectivity index (χ3n) is 2.80. The first-order chi connectivity index (χ1) is 7.38. The van der Waals surface area contributed by atoms with Gasteiger partial charge in [-0.3, -0.25) is 0 Å². The summed E-state index contributed by atoms with van der Waals surface area (Å²) in [5, 5.41) is 8.26. The summed E-state index contributed by atoms with van der Waals surface area (Å²) in [6.45, 7) is 2.15. The van der Waals surface area contributed by atoms with Crippen LogP contribution < -0.4 is 16.2 Å². The third kappa shape index (κ3) is 2.28. The molecule has 2 rings (SSSR count). The van der Waals surface area contributed by atoms with Crippen molar-refractivity contribution < 1.29 is 8.42 Å².